The van der Waals surface area contributed by atoms with Crippen LogP contribution >= 0.6 is 0 Å². The molecular weight excluding hydrogens is 288 g/mol. The third-order valence-corrected chi connectivity index (χ3v) is 4.33. The Hall–Kier alpha value is -2.63. The van der Waals surface area contributed by atoms with Crippen LogP contribution in [0, 0.1) is 6.92 Å². The van der Waals surface area contributed by atoms with E-state index in [-0.39, 0.29) is 0 Å². The van der Waals surface area contributed by atoms with Crippen molar-refractivity contribution in [2.24, 2.45) is 0 Å². The van der Waals surface area contributed by atoms with Crippen LogP contribution in [0.1, 0.15) is 25.5 Å². The largest absolute Gasteiger partial charge is 0.354 e. The molecule has 0 aliphatic carbocycles. The Balaban J connectivity index is 1.67. The van der Waals surface area contributed by atoms with Crippen molar-refractivity contribution in [1.29, 1.82) is 0 Å². The molecule has 3 aromatic heterocycles. The standard InChI is InChI=1S/C17H20N6/c1-12-11-14(17-18-8-10-23(17)21-12)19-15-6-3-7-16(20-15)22-9-4-5-13(22)2/h3,6-8,10-11,13H,4-5,9H2,1-2H3,(H,19,20). The average molecular weight is 308 g/mol. The number of pyridine rings is 1. The highest BCUT2D eigenvalue weighted by Gasteiger charge is 2.21. The highest BCUT2D eigenvalue weighted by Crippen LogP contribution is 2.26. The predicted molar refractivity (Wildman–Crippen MR) is 91.3 cm³/mol. The molecule has 6 nitrogen and oxygen atoms in total. The van der Waals surface area contributed by atoms with Crippen molar-refractivity contribution in [2.75, 3.05) is 16.8 Å². The van der Waals surface area contributed by atoms with E-state index in [2.05, 4.69) is 33.3 Å². The molecule has 0 bridgehead atoms. The summed E-state index contributed by atoms with van der Waals surface area (Å²) in [4.78, 5) is 11.5. The number of hydrogen-bond donors (Lipinski definition) is 1. The summed E-state index contributed by atoms with van der Waals surface area (Å²) in [6.07, 6.45) is 6.07. The molecule has 6 heteroatoms. The molecule has 0 saturated carbocycles. The molecule has 1 unspecified atom stereocenters. The van der Waals surface area contributed by atoms with Gasteiger partial charge in [-0.3, -0.25) is 0 Å². The van der Waals surface area contributed by atoms with Crippen LogP contribution in [0.25, 0.3) is 5.65 Å². The third-order valence-electron chi connectivity index (χ3n) is 4.33. The van der Waals surface area contributed by atoms with E-state index in [0.29, 0.717) is 6.04 Å². The summed E-state index contributed by atoms with van der Waals surface area (Å²) in [5.74, 6) is 1.86. The molecule has 0 radical (unpaired) electrons. The Morgan fingerprint density at radius 1 is 1.30 bits per heavy atom. The van der Waals surface area contributed by atoms with Gasteiger partial charge in [-0.05, 0) is 44.9 Å². The first-order valence-electron chi connectivity index (χ1n) is 8.02. The maximum absolute atomic E-state index is 4.78. The molecule has 0 aromatic carbocycles. The molecule has 1 atom stereocenters. The van der Waals surface area contributed by atoms with Gasteiger partial charge in [0.25, 0.3) is 0 Å². The zero-order valence-electron chi connectivity index (χ0n) is 13.4. The third kappa shape index (κ3) is 2.60. The SMILES string of the molecule is Cc1cc(Nc2cccc(N3CCCC3C)n2)c2nccn2n1. The van der Waals surface area contributed by atoms with Crippen molar-refractivity contribution in [3.8, 4) is 0 Å². The fourth-order valence-corrected chi connectivity index (χ4v) is 3.20. The molecule has 0 spiro atoms. The van der Waals surface area contributed by atoms with Gasteiger partial charge in [0.2, 0.25) is 0 Å². The van der Waals surface area contributed by atoms with Crippen LogP contribution in [0.3, 0.4) is 0 Å². The number of aromatic nitrogens is 4. The minimum atomic E-state index is 0.555. The van der Waals surface area contributed by atoms with Gasteiger partial charge in [-0.2, -0.15) is 5.10 Å². The van der Waals surface area contributed by atoms with Crippen molar-refractivity contribution in [3.63, 3.8) is 0 Å². The van der Waals surface area contributed by atoms with E-state index in [9.17, 15) is 0 Å². The van der Waals surface area contributed by atoms with Crippen molar-refractivity contribution < 1.29 is 0 Å². The highest BCUT2D eigenvalue weighted by molar-refractivity contribution is 5.72. The molecule has 1 saturated heterocycles. The number of anilines is 3. The van der Waals surface area contributed by atoms with Gasteiger partial charge in [0.15, 0.2) is 5.65 Å². The van der Waals surface area contributed by atoms with Crippen LogP contribution in [-0.2, 0) is 0 Å². The Morgan fingerprint density at radius 2 is 2.22 bits per heavy atom. The Kier molecular flexibility index (Phi) is 3.37. The van der Waals surface area contributed by atoms with E-state index in [1.807, 2.05) is 31.3 Å². The van der Waals surface area contributed by atoms with Gasteiger partial charge >= 0.3 is 0 Å². The smallest absolute Gasteiger partial charge is 0.177 e. The van der Waals surface area contributed by atoms with E-state index in [0.717, 1.165) is 35.2 Å². The highest BCUT2D eigenvalue weighted by atomic mass is 15.3. The summed E-state index contributed by atoms with van der Waals surface area (Å²) >= 11 is 0. The monoisotopic (exact) mass is 308 g/mol. The van der Waals surface area contributed by atoms with Crippen molar-refractivity contribution >= 4 is 23.0 Å². The Morgan fingerprint density at radius 3 is 3.04 bits per heavy atom. The summed E-state index contributed by atoms with van der Waals surface area (Å²) < 4.78 is 1.78. The summed E-state index contributed by atoms with van der Waals surface area (Å²) in [6, 6.07) is 8.66. The Bertz CT molecular complexity index is 840. The maximum atomic E-state index is 4.78. The summed E-state index contributed by atoms with van der Waals surface area (Å²) in [6.45, 7) is 5.31. The molecule has 3 aromatic rings. The van der Waals surface area contributed by atoms with Gasteiger partial charge < -0.3 is 10.2 Å². The fourth-order valence-electron chi connectivity index (χ4n) is 3.20. The van der Waals surface area contributed by atoms with Crippen molar-refractivity contribution in [3.05, 3.63) is 42.4 Å². The number of hydrogen-bond acceptors (Lipinski definition) is 5. The number of rotatable bonds is 3. The first kappa shape index (κ1) is 14.0. The summed E-state index contributed by atoms with van der Waals surface area (Å²) in [5, 5.41) is 7.81. The second-order valence-corrected chi connectivity index (χ2v) is 6.09. The quantitative estimate of drug-likeness (QED) is 0.805. The van der Waals surface area contributed by atoms with E-state index in [4.69, 9.17) is 4.98 Å². The second-order valence-electron chi connectivity index (χ2n) is 6.09. The van der Waals surface area contributed by atoms with Crippen molar-refractivity contribution in [1.82, 2.24) is 19.6 Å². The number of nitrogens with one attached hydrogen (secondary N) is 1. The molecule has 4 rings (SSSR count). The maximum Gasteiger partial charge on any atom is 0.177 e. The summed E-state index contributed by atoms with van der Waals surface area (Å²) in [7, 11) is 0. The first-order chi connectivity index (χ1) is 11.2. The van der Waals surface area contributed by atoms with Crippen LogP contribution in [0.4, 0.5) is 17.3 Å². The molecular formula is C17H20N6. The predicted octanol–water partition coefficient (Wildman–Crippen LogP) is 3.17. The second kappa shape index (κ2) is 5.53. The van der Waals surface area contributed by atoms with E-state index < -0.39 is 0 Å². The number of imidazole rings is 1. The zero-order valence-corrected chi connectivity index (χ0v) is 13.4. The van der Waals surface area contributed by atoms with Gasteiger partial charge in [0.05, 0.1) is 11.4 Å². The molecule has 1 N–H and O–H groups in total. The van der Waals surface area contributed by atoms with E-state index in [1.165, 1.54) is 12.8 Å². The number of aryl methyl sites for hydroxylation is 1. The zero-order chi connectivity index (χ0) is 15.8. The van der Waals surface area contributed by atoms with Gasteiger partial charge in [-0.1, -0.05) is 6.07 Å². The fraction of sp³-hybridized carbons (Fsp3) is 0.353. The first-order valence-corrected chi connectivity index (χ1v) is 8.02. The minimum absolute atomic E-state index is 0.555. The van der Waals surface area contributed by atoms with Gasteiger partial charge in [-0.25, -0.2) is 14.5 Å². The van der Waals surface area contributed by atoms with Crippen molar-refractivity contribution in [2.45, 2.75) is 32.7 Å². The van der Waals surface area contributed by atoms with E-state index in [1.54, 1.807) is 10.7 Å². The molecule has 1 fully saturated rings. The molecule has 1 aliphatic rings. The Labute approximate surface area is 135 Å². The molecule has 1 aliphatic heterocycles. The lowest BCUT2D eigenvalue weighted by Gasteiger charge is -2.23. The summed E-state index contributed by atoms with van der Waals surface area (Å²) in [5.41, 5.74) is 2.65. The number of nitrogens with zero attached hydrogens (tertiary/aromatic N) is 5. The number of fused-ring (bicyclic) bond motifs is 1. The lowest BCUT2D eigenvalue weighted by atomic mass is 10.2. The molecule has 118 valence electrons. The van der Waals surface area contributed by atoms with Crippen LogP contribution in [0.2, 0.25) is 0 Å². The topological polar surface area (TPSA) is 58.3 Å². The van der Waals surface area contributed by atoms with Crippen LogP contribution in [0.5, 0.6) is 0 Å². The van der Waals surface area contributed by atoms with Gasteiger partial charge in [0.1, 0.15) is 11.6 Å². The minimum Gasteiger partial charge on any atom is -0.354 e. The van der Waals surface area contributed by atoms with Crippen LogP contribution in [0.15, 0.2) is 36.7 Å². The molecule has 23 heavy (non-hydrogen) atoms. The molecule has 0 amide bonds. The molecule has 4 heterocycles. The average Bonchev–Trinajstić information content (AvgIpc) is 3.16. The van der Waals surface area contributed by atoms with Crippen LogP contribution < -0.4 is 10.2 Å². The van der Waals surface area contributed by atoms with Gasteiger partial charge in [-0.15, -0.1) is 0 Å². The van der Waals surface area contributed by atoms with Crippen LogP contribution in [-0.4, -0.2) is 32.2 Å². The normalized spacial score (nSPS) is 17.8. The lowest BCUT2D eigenvalue weighted by Crippen LogP contribution is -2.27. The lowest BCUT2D eigenvalue weighted by molar-refractivity contribution is 0.727. The van der Waals surface area contributed by atoms with Gasteiger partial charge in [0, 0.05) is 25.0 Å². The van der Waals surface area contributed by atoms with E-state index >= 15 is 0 Å².